The number of carbonyl (C=O) groups excluding carboxylic acids is 1. The van der Waals surface area contributed by atoms with Crippen LogP contribution in [-0.2, 0) is 20.0 Å². The Morgan fingerprint density at radius 3 is 2.33 bits per heavy atom. The van der Waals surface area contributed by atoms with E-state index in [0.29, 0.717) is 17.2 Å². The molecule has 0 bridgehead atoms. The molecule has 48 heavy (non-hydrogen) atoms. The first-order valence-electron chi connectivity index (χ1n) is 15.2. The summed E-state index contributed by atoms with van der Waals surface area (Å²) in [5.41, 5.74) is 5.69. The number of amides is 1. The van der Waals surface area contributed by atoms with E-state index in [1.165, 1.54) is 7.11 Å². The Labute approximate surface area is 281 Å². The van der Waals surface area contributed by atoms with Gasteiger partial charge < -0.3 is 19.9 Å². The average molecular weight is 686 g/mol. The van der Waals surface area contributed by atoms with Crippen LogP contribution in [0.15, 0.2) is 79.0 Å². The lowest BCUT2D eigenvalue weighted by Gasteiger charge is -2.24. The zero-order valence-corrected chi connectivity index (χ0v) is 30.0. The van der Waals surface area contributed by atoms with Crippen molar-refractivity contribution in [3.05, 3.63) is 95.7 Å². The van der Waals surface area contributed by atoms with Crippen LogP contribution in [0.3, 0.4) is 0 Å². The number of methoxy groups -OCH3 is 1. The van der Waals surface area contributed by atoms with E-state index in [2.05, 4.69) is 25.3 Å². The lowest BCUT2D eigenvalue weighted by Crippen LogP contribution is -2.18. The van der Waals surface area contributed by atoms with Crippen molar-refractivity contribution in [2.45, 2.75) is 33.1 Å². The first kappa shape index (κ1) is 34.6. The maximum absolute atomic E-state index is 13.7. The van der Waals surface area contributed by atoms with Gasteiger partial charge in [-0.15, -0.1) is 0 Å². The summed E-state index contributed by atoms with van der Waals surface area (Å²) in [5, 5.41) is 7.74. The quantitative estimate of drug-likeness (QED) is 0.135. The number of hydrogen-bond donors (Lipinski definition) is 3. The van der Waals surface area contributed by atoms with Gasteiger partial charge in [0.05, 0.1) is 30.3 Å². The number of hydrogen-bond acceptors (Lipinski definition) is 8. The summed E-state index contributed by atoms with van der Waals surface area (Å²) in [6.07, 6.45) is 2.81. The van der Waals surface area contributed by atoms with E-state index in [4.69, 9.17) is 4.74 Å². The molecule has 0 saturated carbocycles. The van der Waals surface area contributed by atoms with E-state index in [1.54, 1.807) is 37.7 Å². The monoisotopic (exact) mass is 685 g/mol. The Bertz CT molecular complexity index is 2210. The molecule has 0 aliphatic carbocycles. The summed E-state index contributed by atoms with van der Waals surface area (Å²) in [6.45, 7) is 11.4. The molecule has 12 heteroatoms. The smallest absolute Gasteiger partial charge is 0.255 e. The van der Waals surface area contributed by atoms with E-state index < -0.39 is 17.2 Å². The Morgan fingerprint density at radius 2 is 1.67 bits per heavy atom. The molecule has 0 aliphatic heterocycles. The number of nitrogens with zero attached hydrogens (tertiary/aromatic N) is 2. The number of aromatic nitrogens is 2. The van der Waals surface area contributed by atoms with Crippen molar-refractivity contribution in [2.24, 2.45) is 0 Å². The number of rotatable bonds is 9. The minimum absolute atomic E-state index is 0.209. The zero-order chi connectivity index (χ0) is 35.0. The second-order valence-corrected chi connectivity index (χ2v) is 18.2. The minimum atomic E-state index is -3.61. The average Bonchev–Trinajstić information content (AvgIpc) is 2.99. The van der Waals surface area contributed by atoms with Crippen LogP contribution < -0.4 is 25.4 Å². The molecule has 0 unspecified atom stereocenters. The number of fused-ring (bicyclic) bond motifs is 1. The summed E-state index contributed by atoms with van der Waals surface area (Å²) in [6, 6.07) is 22.3. The van der Waals surface area contributed by atoms with Crippen LogP contribution in [-0.4, -0.2) is 51.0 Å². The predicted octanol–water partition coefficient (Wildman–Crippen LogP) is 7.53. The predicted molar refractivity (Wildman–Crippen MR) is 197 cm³/mol. The van der Waals surface area contributed by atoms with Gasteiger partial charge in [-0.1, -0.05) is 45.0 Å². The van der Waals surface area contributed by atoms with Gasteiger partial charge in [-0.3, -0.25) is 9.52 Å². The number of aryl methyl sites for hydroxylation is 1. The summed E-state index contributed by atoms with van der Waals surface area (Å²) in [4.78, 5) is 22.8. The summed E-state index contributed by atoms with van der Waals surface area (Å²) in [5.74, 6) is 0.253. The number of nitrogens with one attached hydrogen (secondary N) is 3. The molecule has 1 amide bonds. The van der Waals surface area contributed by atoms with E-state index in [1.807, 2.05) is 82.3 Å². The molecule has 5 rings (SSSR count). The highest BCUT2D eigenvalue weighted by atomic mass is 32.2. The van der Waals surface area contributed by atoms with Gasteiger partial charge in [0, 0.05) is 28.1 Å². The Balaban J connectivity index is 1.44. The topological polar surface area (TPSA) is 139 Å². The van der Waals surface area contributed by atoms with Gasteiger partial charge in [0.15, 0.2) is 5.75 Å². The Hall–Kier alpha value is -4.73. The van der Waals surface area contributed by atoms with Crippen molar-refractivity contribution in [2.75, 3.05) is 42.1 Å². The highest BCUT2D eigenvalue weighted by Crippen LogP contribution is 2.40. The van der Waals surface area contributed by atoms with E-state index in [9.17, 15) is 17.8 Å². The van der Waals surface area contributed by atoms with Crippen LogP contribution in [0.2, 0.25) is 0 Å². The number of benzene rings is 4. The van der Waals surface area contributed by atoms with Gasteiger partial charge in [-0.2, -0.15) is 0 Å². The molecule has 3 N–H and O–H groups in total. The highest BCUT2D eigenvalue weighted by Gasteiger charge is 2.23. The SMILES string of the molecule is COc1c(NC(=O)c2ccc(C)c(-c3ccc4nc(Nc5cccc(P(C)(C)=O)c5)ncc4c3)c2)cc(C(C)(C)C)cc1NS(C)(=O)=O. The number of ether oxygens (including phenoxy) is 1. The van der Waals surface area contributed by atoms with E-state index in [0.717, 1.165) is 50.4 Å². The second kappa shape index (κ2) is 13.1. The molecule has 0 saturated heterocycles. The summed E-state index contributed by atoms with van der Waals surface area (Å²) in [7, 11) is -4.60. The molecular formula is C36H40N5O5PS. The number of sulfonamides is 1. The molecule has 0 fully saturated rings. The fourth-order valence-corrected chi connectivity index (χ4v) is 6.67. The van der Waals surface area contributed by atoms with Gasteiger partial charge >= 0.3 is 0 Å². The van der Waals surface area contributed by atoms with Crippen molar-refractivity contribution < 1.29 is 22.5 Å². The van der Waals surface area contributed by atoms with Gasteiger partial charge in [-0.25, -0.2) is 18.4 Å². The largest absolute Gasteiger partial charge is 0.492 e. The van der Waals surface area contributed by atoms with Crippen LogP contribution in [0.25, 0.3) is 22.0 Å². The Kier molecular flexibility index (Phi) is 9.41. The lowest BCUT2D eigenvalue weighted by molar-refractivity contribution is 0.102. The fourth-order valence-electron chi connectivity index (χ4n) is 5.23. The number of anilines is 4. The van der Waals surface area contributed by atoms with Gasteiger partial charge in [0.2, 0.25) is 16.0 Å². The van der Waals surface area contributed by atoms with Crippen molar-refractivity contribution >= 4 is 62.3 Å². The molecule has 0 spiro atoms. The summed E-state index contributed by atoms with van der Waals surface area (Å²) >= 11 is 0. The molecule has 0 atom stereocenters. The van der Waals surface area contributed by atoms with Crippen molar-refractivity contribution in [3.63, 3.8) is 0 Å². The van der Waals surface area contributed by atoms with Gasteiger partial charge in [0.25, 0.3) is 5.91 Å². The zero-order valence-electron chi connectivity index (χ0n) is 28.3. The van der Waals surface area contributed by atoms with Gasteiger partial charge in [-0.05, 0) is 96.5 Å². The molecule has 0 aliphatic rings. The molecule has 0 radical (unpaired) electrons. The molecule has 1 heterocycles. The molecular weight excluding hydrogens is 645 g/mol. The standard InChI is InChI=1S/C36H40N5O5PS/c1-22-12-13-24(34(42)39-31-18-26(36(2,3)4)19-32(33(31)46-5)41-48(8,44)45)17-29(22)23-14-15-30-25(16-23)21-37-35(40-30)38-27-10-9-11-28(20-27)47(6,7)43/h9-21,41H,1-8H3,(H,39,42)(H,37,38,40). The van der Waals surface area contributed by atoms with Crippen molar-refractivity contribution in [3.8, 4) is 16.9 Å². The molecule has 250 valence electrons. The minimum Gasteiger partial charge on any atom is -0.492 e. The fraction of sp³-hybridized carbons (Fsp3) is 0.250. The molecule has 5 aromatic rings. The van der Waals surface area contributed by atoms with Crippen LogP contribution in [0.1, 0.15) is 42.3 Å². The third kappa shape index (κ3) is 8.03. The van der Waals surface area contributed by atoms with E-state index in [-0.39, 0.29) is 22.8 Å². The second-order valence-electron chi connectivity index (χ2n) is 13.2. The third-order valence-corrected chi connectivity index (χ3v) is 9.93. The molecule has 10 nitrogen and oxygen atoms in total. The third-order valence-electron chi connectivity index (χ3n) is 7.82. The van der Waals surface area contributed by atoms with Crippen molar-refractivity contribution in [1.29, 1.82) is 0 Å². The van der Waals surface area contributed by atoms with Crippen molar-refractivity contribution in [1.82, 2.24) is 9.97 Å². The Morgan fingerprint density at radius 1 is 0.938 bits per heavy atom. The van der Waals surface area contributed by atoms with E-state index >= 15 is 0 Å². The molecule has 4 aromatic carbocycles. The lowest BCUT2D eigenvalue weighted by atomic mass is 9.86. The normalized spacial score (nSPS) is 12.1. The van der Waals surface area contributed by atoms with Gasteiger partial charge in [0.1, 0.15) is 7.14 Å². The van der Waals surface area contributed by atoms with Crippen LogP contribution in [0.4, 0.5) is 23.0 Å². The van der Waals surface area contributed by atoms with Crippen LogP contribution >= 0.6 is 7.14 Å². The summed E-state index contributed by atoms with van der Waals surface area (Å²) < 4.78 is 44.9. The first-order valence-corrected chi connectivity index (χ1v) is 19.7. The molecule has 1 aromatic heterocycles. The van der Waals surface area contributed by atoms with Crippen LogP contribution in [0.5, 0.6) is 5.75 Å². The maximum Gasteiger partial charge on any atom is 0.255 e. The van der Waals surface area contributed by atoms with Crippen LogP contribution in [0, 0.1) is 6.92 Å². The first-order chi connectivity index (χ1) is 22.4. The maximum atomic E-state index is 13.7. The highest BCUT2D eigenvalue weighted by molar-refractivity contribution is 7.92. The number of carbonyl (C=O) groups is 1.